The Morgan fingerprint density at radius 3 is 2.25 bits per heavy atom. The van der Waals surface area contributed by atoms with E-state index in [1.54, 1.807) is 0 Å². The second kappa shape index (κ2) is 5.99. The van der Waals surface area contributed by atoms with Crippen LogP contribution in [0.2, 0.25) is 0 Å². The average molecular weight is 225 g/mol. The first kappa shape index (κ1) is 12.3. The van der Waals surface area contributed by atoms with Gasteiger partial charge >= 0.3 is 0 Å². The molecule has 0 aromatic heterocycles. The van der Waals surface area contributed by atoms with E-state index in [2.05, 4.69) is 23.6 Å². The molecule has 16 heavy (non-hydrogen) atoms. The molecule has 93 valence electrons. The van der Waals surface area contributed by atoms with Crippen LogP contribution in [0.1, 0.15) is 26.7 Å². The lowest BCUT2D eigenvalue weighted by Gasteiger charge is -2.40. The quantitative estimate of drug-likeness (QED) is 0.722. The Morgan fingerprint density at radius 2 is 1.69 bits per heavy atom. The summed E-state index contributed by atoms with van der Waals surface area (Å²) in [5.41, 5.74) is 0. The zero-order chi connectivity index (χ0) is 11.4. The Hall–Kier alpha value is -0.120. The topological polar surface area (TPSA) is 15.7 Å². The molecule has 0 unspecified atom stereocenters. The van der Waals surface area contributed by atoms with Crippen LogP contribution < -0.4 is 0 Å². The van der Waals surface area contributed by atoms with Crippen molar-refractivity contribution in [1.29, 1.82) is 0 Å². The van der Waals surface area contributed by atoms with Crippen molar-refractivity contribution in [3.05, 3.63) is 5.92 Å². The van der Waals surface area contributed by atoms with E-state index in [1.165, 1.54) is 38.4 Å². The summed E-state index contributed by atoms with van der Waals surface area (Å²) in [5.74, 6) is 1.53. The minimum Gasteiger partial charge on any atom is -0.379 e. The predicted molar refractivity (Wildman–Crippen MR) is 66.4 cm³/mol. The molecule has 3 nitrogen and oxygen atoms in total. The Bertz CT molecular complexity index is 194. The average Bonchev–Trinajstić information content (AvgIpc) is 2.30. The fourth-order valence-corrected chi connectivity index (χ4v) is 2.83. The van der Waals surface area contributed by atoms with Crippen LogP contribution in [0.3, 0.4) is 0 Å². The van der Waals surface area contributed by atoms with Gasteiger partial charge in [-0.15, -0.1) is 0 Å². The number of morpholine rings is 1. The molecule has 1 radical (unpaired) electrons. The molecule has 0 N–H and O–H groups in total. The molecule has 2 aliphatic heterocycles. The minimum absolute atomic E-state index is 0.817. The van der Waals surface area contributed by atoms with Crippen LogP contribution >= 0.6 is 0 Å². The maximum atomic E-state index is 5.41. The van der Waals surface area contributed by atoms with E-state index in [0.29, 0.717) is 0 Å². The van der Waals surface area contributed by atoms with Gasteiger partial charge in [0.15, 0.2) is 0 Å². The molecule has 2 aliphatic rings. The Kier molecular flexibility index (Phi) is 4.62. The van der Waals surface area contributed by atoms with Gasteiger partial charge in [0.05, 0.1) is 13.2 Å². The molecule has 2 rings (SSSR count). The molecule has 0 aromatic rings. The maximum Gasteiger partial charge on any atom is 0.0594 e. The van der Waals surface area contributed by atoms with Gasteiger partial charge in [-0.05, 0) is 31.8 Å². The highest BCUT2D eigenvalue weighted by atomic mass is 16.5. The van der Waals surface area contributed by atoms with Crippen LogP contribution in [0.5, 0.6) is 0 Å². The zero-order valence-electron chi connectivity index (χ0n) is 10.7. The summed E-state index contributed by atoms with van der Waals surface area (Å²) in [5, 5.41) is 0. The van der Waals surface area contributed by atoms with Crippen molar-refractivity contribution in [2.75, 3.05) is 45.9 Å². The molecule has 2 saturated heterocycles. The first-order chi connectivity index (χ1) is 7.75. The molecule has 0 aliphatic carbocycles. The van der Waals surface area contributed by atoms with Crippen molar-refractivity contribution in [2.24, 2.45) is 0 Å². The SMILES string of the molecule is C[C](C)CN1CCC(N2CCOCC2)CC1. The molecule has 2 heterocycles. The van der Waals surface area contributed by atoms with Gasteiger partial charge < -0.3 is 9.64 Å². The first-order valence-corrected chi connectivity index (χ1v) is 6.59. The van der Waals surface area contributed by atoms with Gasteiger partial charge in [-0.2, -0.15) is 0 Å². The fraction of sp³-hybridized carbons (Fsp3) is 0.923. The Balaban J connectivity index is 1.71. The summed E-state index contributed by atoms with van der Waals surface area (Å²) in [6, 6.07) is 0.817. The zero-order valence-corrected chi connectivity index (χ0v) is 10.7. The molecule has 0 spiro atoms. The lowest BCUT2D eigenvalue weighted by atomic mass is 10.0. The van der Waals surface area contributed by atoms with Gasteiger partial charge in [-0.3, -0.25) is 4.90 Å². The van der Waals surface area contributed by atoms with Crippen LogP contribution in [-0.2, 0) is 4.74 Å². The van der Waals surface area contributed by atoms with E-state index < -0.39 is 0 Å². The standard InChI is InChI=1S/C13H25N2O/c1-12(2)11-14-5-3-13(4-6-14)15-7-9-16-10-8-15/h13H,3-11H2,1-2H3. The molecule has 0 bridgehead atoms. The smallest absolute Gasteiger partial charge is 0.0594 e. The third kappa shape index (κ3) is 3.44. The fourth-order valence-electron chi connectivity index (χ4n) is 2.83. The normalized spacial score (nSPS) is 26.4. The third-order valence-corrected chi connectivity index (χ3v) is 3.66. The van der Waals surface area contributed by atoms with Crippen molar-refractivity contribution < 1.29 is 4.74 Å². The van der Waals surface area contributed by atoms with Crippen molar-refractivity contribution in [3.8, 4) is 0 Å². The van der Waals surface area contributed by atoms with Gasteiger partial charge in [0.25, 0.3) is 0 Å². The molecule has 0 amide bonds. The summed E-state index contributed by atoms with van der Waals surface area (Å²) in [6.45, 7) is 12.3. The summed E-state index contributed by atoms with van der Waals surface area (Å²) < 4.78 is 5.41. The maximum absolute atomic E-state index is 5.41. The van der Waals surface area contributed by atoms with E-state index >= 15 is 0 Å². The Morgan fingerprint density at radius 1 is 1.06 bits per heavy atom. The third-order valence-electron chi connectivity index (χ3n) is 3.66. The number of piperidine rings is 1. The van der Waals surface area contributed by atoms with Crippen LogP contribution in [0.25, 0.3) is 0 Å². The highest BCUT2D eigenvalue weighted by molar-refractivity contribution is 4.87. The van der Waals surface area contributed by atoms with E-state index in [4.69, 9.17) is 4.74 Å². The minimum atomic E-state index is 0.817. The van der Waals surface area contributed by atoms with Crippen LogP contribution in [0, 0.1) is 5.92 Å². The number of hydrogen-bond acceptors (Lipinski definition) is 3. The molecular weight excluding hydrogens is 200 g/mol. The summed E-state index contributed by atoms with van der Waals surface area (Å²) in [4.78, 5) is 5.22. The van der Waals surface area contributed by atoms with Crippen LogP contribution in [0.4, 0.5) is 0 Å². The van der Waals surface area contributed by atoms with Crippen molar-refractivity contribution in [1.82, 2.24) is 9.80 Å². The van der Waals surface area contributed by atoms with Gasteiger partial charge in [0.2, 0.25) is 0 Å². The number of ether oxygens (including phenoxy) is 1. The van der Waals surface area contributed by atoms with Crippen molar-refractivity contribution in [3.63, 3.8) is 0 Å². The van der Waals surface area contributed by atoms with E-state index in [1.807, 2.05) is 0 Å². The summed E-state index contributed by atoms with van der Waals surface area (Å²) >= 11 is 0. The van der Waals surface area contributed by atoms with E-state index in [0.717, 1.165) is 32.3 Å². The highest BCUT2D eigenvalue weighted by Gasteiger charge is 2.25. The van der Waals surface area contributed by atoms with Gasteiger partial charge in [-0.1, -0.05) is 13.8 Å². The van der Waals surface area contributed by atoms with E-state index in [9.17, 15) is 0 Å². The molecular formula is C13H25N2O. The van der Waals surface area contributed by atoms with Gasteiger partial charge in [0, 0.05) is 25.7 Å². The van der Waals surface area contributed by atoms with Gasteiger partial charge in [-0.25, -0.2) is 0 Å². The Labute approximate surface area is 99.7 Å². The largest absolute Gasteiger partial charge is 0.379 e. The number of hydrogen-bond donors (Lipinski definition) is 0. The number of rotatable bonds is 3. The number of likely N-dealkylation sites (tertiary alicyclic amines) is 1. The second-order valence-corrected chi connectivity index (χ2v) is 5.36. The summed E-state index contributed by atoms with van der Waals surface area (Å²) in [7, 11) is 0. The summed E-state index contributed by atoms with van der Waals surface area (Å²) in [6.07, 6.45) is 2.68. The molecule has 3 heteroatoms. The molecule has 0 atom stereocenters. The molecule has 2 fully saturated rings. The first-order valence-electron chi connectivity index (χ1n) is 6.59. The second-order valence-electron chi connectivity index (χ2n) is 5.36. The van der Waals surface area contributed by atoms with Gasteiger partial charge in [0.1, 0.15) is 0 Å². The lowest BCUT2D eigenvalue weighted by molar-refractivity contribution is 0.00130. The highest BCUT2D eigenvalue weighted by Crippen LogP contribution is 2.18. The van der Waals surface area contributed by atoms with Crippen LogP contribution in [-0.4, -0.2) is 61.8 Å². The monoisotopic (exact) mass is 225 g/mol. The molecule has 0 saturated carbocycles. The number of nitrogens with zero attached hydrogens (tertiary/aromatic N) is 2. The van der Waals surface area contributed by atoms with Crippen molar-refractivity contribution >= 4 is 0 Å². The lowest BCUT2D eigenvalue weighted by Crippen LogP contribution is -2.49. The predicted octanol–water partition coefficient (Wildman–Crippen LogP) is 1.40. The van der Waals surface area contributed by atoms with Crippen molar-refractivity contribution in [2.45, 2.75) is 32.7 Å². The molecule has 0 aromatic carbocycles. The van der Waals surface area contributed by atoms with E-state index in [-0.39, 0.29) is 0 Å². The van der Waals surface area contributed by atoms with Crippen LogP contribution in [0.15, 0.2) is 0 Å².